The van der Waals surface area contributed by atoms with Gasteiger partial charge in [-0.1, -0.05) is 23.4 Å². The molecule has 0 spiro atoms. The summed E-state index contributed by atoms with van der Waals surface area (Å²) in [5, 5.41) is 9.32. The Morgan fingerprint density at radius 3 is 3.00 bits per heavy atom. The lowest BCUT2D eigenvalue weighted by Crippen LogP contribution is -2.36. The van der Waals surface area contributed by atoms with Gasteiger partial charge in [-0.15, -0.1) is 0 Å². The lowest BCUT2D eigenvalue weighted by molar-refractivity contribution is -0.127. The molecule has 1 aromatic heterocycles. The molecule has 2 unspecified atom stereocenters. The van der Waals surface area contributed by atoms with E-state index in [2.05, 4.69) is 20.8 Å². The molecule has 2 N–H and O–H groups in total. The summed E-state index contributed by atoms with van der Waals surface area (Å²) in [6, 6.07) is 9.10. The van der Waals surface area contributed by atoms with E-state index < -0.39 is 6.10 Å². The molecule has 132 valence electrons. The van der Waals surface area contributed by atoms with Crippen molar-refractivity contribution in [1.82, 2.24) is 20.8 Å². The maximum Gasteiger partial charge on any atom is 0.261 e. The zero-order valence-corrected chi connectivity index (χ0v) is 13.9. The molecular formula is C17H20N4O4. The number of benzene rings is 1. The molecule has 25 heavy (non-hydrogen) atoms. The van der Waals surface area contributed by atoms with Crippen molar-refractivity contribution in [1.29, 1.82) is 0 Å². The highest BCUT2D eigenvalue weighted by Gasteiger charge is 2.28. The SMILES string of the molecule is CC(Oc1ccccc1)C(=O)NCc1nc(C2CCCNC2=O)no1. The molecule has 0 saturated carbocycles. The fourth-order valence-electron chi connectivity index (χ4n) is 2.56. The molecule has 1 saturated heterocycles. The van der Waals surface area contributed by atoms with Crippen molar-refractivity contribution in [3.05, 3.63) is 42.0 Å². The molecule has 0 radical (unpaired) electrons. The van der Waals surface area contributed by atoms with Gasteiger partial charge < -0.3 is 19.9 Å². The summed E-state index contributed by atoms with van der Waals surface area (Å²) in [6.45, 7) is 2.42. The first-order valence-electron chi connectivity index (χ1n) is 8.23. The lowest BCUT2D eigenvalue weighted by atomic mass is 9.98. The number of nitrogens with one attached hydrogen (secondary N) is 2. The molecule has 0 bridgehead atoms. The van der Waals surface area contributed by atoms with Gasteiger partial charge in [0.1, 0.15) is 11.7 Å². The topological polar surface area (TPSA) is 106 Å². The summed E-state index contributed by atoms with van der Waals surface area (Å²) in [5.41, 5.74) is 0. The van der Waals surface area contributed by atoms with Gasteiger partial charge in [-0.05, 0) is 31.9 Å². The molecule has 8 nitrogen and oxygen atoms in total. The Morgan fingerprint density at radius 1 is 1.44 bits per heavy atom. The molecule has 2 amide bonds. The fourth-order valence-corrected chi connectivity index (χ4v) is 2.56. The summed E-state index contributed by atoms with van der Waals surface area (Å²) in [7, 11) is 0. The van der Waals surface area contributed by atoms with Crippen LogP contribution in [0.3, 0.4) is 0 Å². The number of hydrogen-bond acceptors (Lipinski definition) is 6. The van der Waals surface area contributed by atoms with Crippen molar-refractivity contribution < 1.29 is 18.8 Å². The van der Waals surface area contributed by atoms with E-state index in [1.54, 1.807) is 19.1 Å². The van der Waals surface area contributed by atoms with Crippen LogP contribution in [0.25, 0.3) is 0 Å². The summed E-state index contributed by atoms with van der Waals surface area (Å²) >= 11 is 0. The number of piperidine rings is 1. The molecule has 1 aliphatic heterocycles. The van der Waals surface area contributed by atoms with Crippen molar-refractivity contribution in [3.63, 3.8) is 0 Å². The van der Waals surface area contributed by atoms with E-state index in [0.29, 0.717) is 24.5 Å². The second kappa shape index (κ2) is 7.78. The Labute approximate surface area is 144 Å². The Hall–Kier alpha value is -2.90. The van der Waals surface area contributed by atoms with Crippen molar-refractivity contribution >= 4 is 11.8 Å². The van der Waals surface area contributed by atoms with Crippen LogP contribution in [0.5, 0.6) is 5.75 Å². The third-order valence-electron chi connectivity index (χ3n) is 3.92. The molecule has 2 aromatic rings. The van der Waals surface area contributed by atoms with Crippen LogP contribution < -0.4 is 15.4 Å². The third kappa shape index (κ3) is 4.34. The van der Waals surface area contributed by atoms with E-state index in [9.17, 15) is 9.59 Å². The first-order chi connectivity index (χ1) is 12.1. The van der Waals surface area contributed by atoms with Crippen LogP contribution in [-0.2, 0) is 16.1 Å². The Morgan fingerprint density at radius 2 is 2.24 bits per heavy atom. The Kier molecular flexibility index (Phi) is 5.27. The molecule has 1 fully saturated rings. The predicted octanol–water partition coefficient (Wildman–Crippen LogP) is 1.15. The van der Waals surface area contributed by atoms with E-state index in [0.717, 1.165) is 6.42 Å². The van der Waals surface area contributed by atoms with Crippen molar-refractivity contribution in [2.45, 2.75) is 38.3 Å². The fraction of sp³-hybridized carbons (Fsp3) is 0.412. The van der Waals surface area contributed by atoms with Gasteiger partial charge in [0.15, 0.2) is 11.9 Å². The van der Waals surface area contributed by atoms with Crippen LogP contribution in [0.4, 0.5) is 0 Å². The number of nitrogens with zero attached hydrogens (tertiary/aromatic N) is 2. The van der Waals surface area contributed by atoms with Gasteiger partial charge in [0, 0.05) is 6.54 Å². The number of amides is 2. The predicted molar refractivity (Wildman–Crippen MR) is 87.7 cm³/mol. The number of rotatable bonds is 6. The molecule has 3 rings (SSSR count). The maximum atomic E-state index is 12.1. The van der Waals surface area contributed by atoms with Crippen LogP contribution in [0.2, 0.25) is 0 Å². The third-order valence-corrected chi connectivity index (χ3v) is 3.92. The second-order valence-electron chi connectivity index (χ2n) is 5.82. The molecule has 0 aliphatic carbocycles. The maximum absolute atomic E-state index is 12.1. The summed E-state index contributed by atoms with van der Waals surface area (Å²) < 4.78 is 10.7. The van der Waals surface area contributed by atoms with Gasteiger partial charge in [0.2, 0.25) is 11.8 Å². The van der Waals surface area contributed by atoms with Gasteiger partial charge in [-0.3, -0.25) is 9.59 Å². The van der Waals surface area contributed by atoms with Crippen LogP contribution in [-0.4, -0.2) is 34.6 Å². The first-order valence-corrected chi connectivity index (χ1v) is 8.23. The first kappa shape index (κ1) is 16.9. The zero-order valence-electron chi connectivity index (χ0n) is 13.9. The second-order valence-corrected chi connectivity index (χ2v) is 5.82. The molecule has 2 atom stereocenters. The van der Waals surface area contributed by atoms with E-state index >= 15 is 0 Å². The molecule has 1 aliphatic rings. The van der Waals surface area contributed by atoms with Gasteiger partial charge in [0.25, 0.3) is 5.91 Å². The van der Waals surface area contributed by atoms with Crippen LogP contribution in [0.15, 0.2) is 34.9 Å². The van der Waals surface area contributed by atoms with Crippen LogP contribution in [0.1, 0.15) is 37.4 Å². The minimum absolute atomic E-state index is 0.0860. The number of para-hydroxylation sites is 1. The molecular weight excluding hydrogens is 324 g/mol. The highest BCUT2D eigenvalue weighted by molar-refractivity contribution is 5.83. The Balaban J connectivity index is 1.51. The Bertz CT molecular complexity index is 731. The van der Waals surface area contributed by atoms with Gasteiger partial charge in [-0.25, -0.2) is 0 Å². The molecule has 1 aromatic carbocycles. The summed E-state index contributed by atoms with van der Waals surface area (Å²) in [4.78, 5) is 28.1. The van der Waals surface area contributed by atoms with E-state index in [1.807, 2.05) is 18.2 Å². The highest BCUT2D eigenvalue weighted by atomic mass is 16.5. The van der Waals surface area contributed by atoms with Gasteiger partial charge in [0.05, 0.1) is 6.54 Å². The minimum atomic E-state index is -0.658. The van der Waals surface area contributed by atoms with E-state index in [4.69, 9.17) is 9.26 Å². The molecule has 2 heterocycles. The molecule has 8 heteroatoms. The summed E-state index contributed by atoms with van der Waals surface area (Å²) in [5.74, 6) is 0.464. The van der Waals surface area contributed by atoms with E-state index in [1.165, 1.54) is 0 Å². The van der Waals surface area contributed by atoms with Gasteiger partial charge >= 0.3 is 0 Å². The van der Waals surface area contributed by atoms with Gasteiger partial charge in [-0.2, -0.15) is 4.98 Å². The average molecular weight is 344 g/mol. The lowest BCUT2D eigenvalue weighted by Gasteiger charge is -2.18. The van der Waals surface area contributed by atoms with Crippen molar-refractivity contribution in [3.8, 4) is 5.75 Å². The number of carbonyl (C=O) groups is 2. The number of hydrogen-bond donors (Lipinski definition) is 2. The number of ether oxygens (including phenoxy) is 1. The van der Waals surface area contributed by atoms with Crippen LogP contribution in [0, 0.1) is 0 Å². The number of aromatic nitrogens is 2. The van der Waals surface area contributed by atoms with E-state index in [-0.39, 0.29) is 30.2 Å². The zero-order chi connectivity index (χ0) is 17.6. The summed E-state index contributed by atoms with van der Waals surface area (Å²) in [6.07, 6.45) is 0.915. The monoisotopic (exact) mass is 344 g/mol. The largest absolute Gasteiger partial charge is 0.481 e. The highest BCUT2D eigenvalue weighted by Crippen LogP contribution is 2.21. The standard InChI is InChI=1S/C17H20N4O4/c1-11(24-12-6-3-2-4-7-12)16(22)19-10-14-20-15(21-25-14)13-8-5-9-18-17(13)23/h2-4,6-7,11,13H,5,8-10H2,1H3,(H,18,23)(H,19,22). The smallest absolute Gasteiger partial charge is 0.261 e. The van der Waals surface area contributed by atoms with Crippen molar-refractivity contribution in [2.75, 3.05) is 6.54 Å². The quantitative estimate of drug-likeness (QED) is 0.814. The normalized spacial score (nSPS) is 18.3. The van der Waals surface area contributed by atoms with Crippen LogP contribution >= 0.6 is 0 Å². The minimum Gasteiger partial charge on any atom is -0.481 e. The average Bonchev–Trinajstić information content (AvgIpc) is 3.09. The number of carbonyl (C=O) groups excluding carboxylic acids is 2. The van der Waals surface area contributed by atoms with Crippen molar-refractivity contribution in [2.24, 2.45) is 0 Å².